The van der Waals surface area contributed by atoms with Crippen LogP contribution in [0.3, 0.4) is 0 Å². The molecule has 0 spiro atoms. The number of nitrogens with zero attached hydrogens (tertiary/aromatic N) is 1. The molecule has 0 bridgehead atoms. The molecule has 2 N–H and O–H groups in total. The minimum absolute atomic E-state index is 0.000119. The second-order valence-corrected chi connectivity index (χ2v) is 7.13. The highest BCUT2D eigenvalue weighted by molar-refractivity contribution is 6.20. The largest absolute Gasteiger partial charge is 0.504 e. The zero-order valence-corrected chi connectivity index (χ0v) is 17.0. The van der Waals surface area contributed by atoms with Gasteiger partial charge in [0, 0.05) is 5.69 Å². The third-order valence-electron chi connectivity index (χ3n) is 5.17. The number of phenols is 1. The van der Waals surface area contributed by atoms with Gasteiger partial charge in [0.05, 0.1) is 30.6 Å². The number of phenolic OH excluding ortho intramolecular Hbond substituents is 1. The Morgan fingerprint density at radius 1 is 1.09 bits per heavy atom. The molecule has 0 radical (unpaired) electrons. The number of rotatable bonds is 5. The van der Waals surface area contributed by atoms with Crippen molar-refractivity contribution in [3.63, 3.8) is 0 Å². The van der Waals surface area contributed by atoms with Crippen molar-refractivity contribution in [3.05, 3.63) is 89.1 Å². The first-order valence-electron chi connectivity index (χ1n) is 9.52. The number of amides is 1. The summed E-state index contributed by atoms with van der Waals surface area (Å²) in [6, 6.07) is 9.32. The van der Waals surface area contributed by atoms with E-state index in [-0.39, 0.29) is 34.1 Å². The molecule has 3 aromatic rings. The Morgan fingerprint density at radius 3 is 2.48 bits per heavy atom. The Labute approximate surface area is 184 Å². The third kappa shape index (κ3) is 3.79. The number of ketones is 1. The van der Waals surface area contributed by atoms with E-state index in [2.05, 4.69) is 0 Å². The number of aromatic hydroxyl groups is 1. The molecule has 0 fully saturated rings. The molecule has 1 amide bonds. The molecule has 1 unspecified atom stereocenters. The maximum absolute atomic E-state index is 13.3. The molecule has 1 aliphatic heterocycles. The monoisotopic (exact) mass is 459 g/mol. The Balaban J connectivity index is 1.92. The van der Waals surface area contributed by atoms with Crippen LogP contribution in [0.1, 0.15) is 27.7 Å². The van der Waals surface area contributed by atoms with Crippen molar-refractivity contribution in [1.29, 1.82) is 0 Å². The lowest BCUT2D eigenvalue weighted by molar-refractivity contribution is -0.137. The summed E-state index contributed by atoms with van der Waals surface area (Å²) in [5.41, 5.74) is -1.39. The Hall–Kier alpha value is -4.21. The van der Waals surface area contributed by atoms with Gasteiger partial charge in [0.1, 0.15) is 0 Å². The molecule has 4 rings (SSSR count). The molecule has 170 valence electrons. The summed E-state index contributed by atoms with van der Waals surface area (Å²) in [5, 5.41) is 20.6. The van der Waals surface area contributed by atoms with Crippen LogP contribution in [-0.2, 0) is 11.0 Å². The molecule has 0 aliphatic carbocycles. The number of hydrogen-bond donors (Lipinski definition) is 2. The molecule has 10 heteroatoms. The maximum atomic E-state index is 13.3. The number of Topliss-reactive ketones (excluding diaryl/α,β-unsaturated/α-hetero) is 1. The van der Waals surface area contributed by atoms with E-state index >= 15 is 0 Å². The molecular formula is C23H16F3NO6. The van der Waals surface area contributed by atoms with Crippen molar-refractivity contribution in [2.45, 2.75) is 12.2 Å². The topological polar surface area (TPSA) is 100 Å². The molecule has 2 heterocycles. The Bertz CT molecular complexity index is 1260. The molecule has 0 saturated carbocycles. The van der Waals surface area contributed by atoms with Gasteiger partial charge < -0.3 is 19.4 Å². The van der Waals surface area contributed by atoms with Gasteiger partial charge >= 0.3 is 6.18 Å². The van der Waals surface area contributed by atoms with Crippen molar-refractivity contribution >= 4 is 17.4 Å². The van der Waals surface area contributed by atoms with Crippen LogP contribution in [0.25, 0.3) is 0 Å². The standard InChI is InChI=1S/C23H16F3NO6/c1-32-17-10-12(7-8-15(17)28)19-18(20(29)16-6-3-9-33-16)21(30)22(31)27(19)14-5-2-4-13(11-14)23(24,25)26/h2-11,19,28,30H,1H3. The predicted octanol–water partition coefficient (Wildman–Crippen LogP) is 4.80. The zero-order valence-electron chi connectivity index (χ0n) is 17.0. The molecule has 1 aromatic heterocycles. The lowest BCUT2D eigenvalue weighted by Crippen LogP contribution is -2.31. The van der Waals surface area contributed by atoms with Crippen LogP contribution in [0.15, 0.2) is 76.6 Å². The Morgan fingerprint density at radius 2 is 1.85 bits per heavy atom. The fourth-order valence-corrected chi connectivity index (χ4v) is 3.66. The minimum atomic E-state index is -4.68. The highest BCUT2D eigenvalue weighted by atomic mass is 19.4. The van der Waals surface area contributed by atoms with Crippen LogP contribution in [0, 0.1) is 0 Å². The average Bonchev–Trinajstić information content (AvgIpc) is 3.41. The van der Waals surface area contributed by atoms with Crippen molar-refractivity contribution in [1.82, 2.24) is 0 Å². The van der Waals surface area contributed by atoms with E-state index in [1.165, 1.54) is 49.8 Å². The number of carbonyl (C=O) groups excluding carboxylic acids is 2. The highest BCUT2D eigenvalue weighted by Gasteiger charge is 2.46. The number of anilines is 1. The number of ether oxygens (including phenoxy) is 1. The van der Waals surface area contributed by atoms with E-state index in [0.717, 1.165) is 23.1 Å². The average molecular weight is 459 g/mol. The Kier molecular flexibility index (Phi) is 5.36. The quantitative estimate of drug-likeness (QED) is 0.532. The van der Waals surface area contributed by atoms with Crippen LogP contribution in [0.4, 0.5) is 18.9 Å². The highest BCUT2D eigenvalue weighted by Crippen LogP contribution is 2.44. The van der Waals surface area contributed by atoms with Crippen molar-refractivity contribution in [2.75, 3.05) is 12.0 Å². The van der Waals surface area contributed by atoms with Gasteiger partial charge in [-0.15, -0.1) is 0 Å². The van der Waals surface area contributed by atoms with Crippen molar-refractivity contribution < 1.29 is 42.1 Å². The lowest BCUT2D eigenvalue weighted by atomic mass is 9.94. The van der Waals surface area contributed by atoms with E-state index in [9.17, 15) is 33.0 Å². The summed E-state index contributed by atoms with van der Waals surface area (Å²) >= 11 is 0. The summed E-state index contributed by atoms with van der Waals surface area (Å²) in [7, 11) is 1.28. The molecule has 1 aliphatic rings. The maximum Gasteiger partial charge on any atom is 0.416 e. The number of hydrogen-bond acceptors (Lipinski definition) is 6. The van der Waals surface area contributed by atoms with Crippen LogP contribution >= 0.6 is 0 Å². The molecule has 2 aromatic carbocycles. The summed E-state index contributed by atoms with van der Waals surface area (Å²) in [6.07, 6.45) is -3.46. The third-order valence-corrected chi connectivity index (χ3v) is 5.17. The van der Waals surface area contributed by atoms with Gasteiger partial charge in [0.15, 0.2) is 23.0 Å². The first-order valence-corrected chi connectivity index (χ1v) is 9.52. The number of benzene rings is 2. The number of alkyl halides is 3. The van der Waals surface area contributed by atoms with Crippen LogP contribution in [0.5, 0.6) is 11.5 Å². The predicted molar refractivity (Wildman–Crippen MR) is 109 cm³/mol. The van der Waals surface area contributed by atoms with E-state index in [1.54, 1.807) is 0 Å². The molecule has 33 heavy (non-hydrogen) atoms. The smallest absolute Gasteiger partial charge is 0.416 e. The van der Waals surface area contributed by atoms with E-state index < -0.39 is 35.2 Å². The van der Waals surface area contributed by atoms with Gasteiger partial charge in [0.25, 0.3) is 5.91 Å². The van der Waals surface area contributed by atoms with Gasteiger partial charge in [0.2, 0.25) is 5.78 Å². The SMILES string of the molecule is COc1cc(C2C(C(=O)c3ccco3)=C(O)C(=O)N2c2cccc(C(F)(F)F)c2)ccc1O. The molecule has 1 atom stereocenters. The fourth-order valence-electron chi connectivity index (χ4n) is 3.66. The first-order chi connectivity index (χ1) is 15.6. The number of methoxy groups -OCH3 is 1. The van der Waals surface area contributed by atoms with Crippen LogP contribution in [-0.4, -0.2) is 29.0 Å². The number of halogens is 3. The number of aliphatic hydroxyl groups is 1. The van der Waals surface area contributed by atoms with Gasteiger partial charge in [-0.1, -0.05) is 12.1 Å². The molecular weight excluding hydrogens is 443 g/mol. The summed E-state index contributed by atoms with van der Waals surface area (Å²) < 4.78 is 50.1. The molecule has 0 saturated heterocycles. The van der Waals surface area contributed by atoms with E-state index in [0.29, 0.717) is 0 Å². The first kappa shape index (κ1) is 22.0. The second-order valence-electron chi connectivity index (χ2n) is 7.13. The van der Waals surface area contributed by atoms with Gasteiger partial charge in [-0.05, 0) is 48.0 Å². The van der Waals surface area contributed by atoms with Crippen LogP contribution in [0.2, 0.25) is 0 Å². The number of aliphatic hydroxyl groups excluding tert-OH is 1. The van der Waals surface area contributed by atoms with Gasteiger partial charge in [-0.25, -0.2) is 0 Å². The van der Waals surface area contributed by atoms with E-state index in [4.69, 9.17) is 9.15 Å². The fraction of sp³-hybridized carbons (Fsp3) is 0.130. The minimum Gasteiger partial charge on any atom is -0.504 e. The zero-order chi connectivity index (χ0) is 23.9. The van der Waals surface area contributed by atoms with Crippen LogP contribution < -0.4 is 9.64 Å². The summed E-state index contributed by atoms with van der Waals surface area (Å²) in [4.78, 5) is 27.0. The second kappa shape index (κ2) is 8.05. The summed E-state index contributed by atoms with van der Waals surface area (Å²) in [6.45, 7) is 0. The van der Waals surface area contributed by atoms with Gasteiger partial charge in [-0.3, -0.25) is 14.5 Å². The lowest BCUT2D eigenvalue weighted by Gasteiger charge is -2.27. The number of furan rings is 1. The van der Waals surface area contributed by atoms with E-state index in [1.807, 2.05) is 0 Å². The summed E-state index contributed by atoms with van der Waals surface area (Å²) in [5.74, 6) is -3.22. The molecule has 7 nitrogen and oxygen atoms in total. The normalized spacial score (nSPS) is 16.4. The van der Waals surface area contributed by atoms with Crippen molar-refractivity contribution in [3.8, 4) is 11.5 Å². The number of carbonyl (C=O) groups is 2. The van der Waals surface area contributed by atoms with Gasteiger partial charge in [-0.2, -0.15) is 13.2 Å². The van der Waals surface area contributed by atoms with Crippen molar-refractivity contribution in [2.24, 2.45) is 0 Å².